The van der Waals surface area contributed by atoms with Crippen LogP contribution in [0.3, 0.4) is 0 Å². The van der Waals surface area contributed by atoms with Crippen molar-refractivity contribution in [2.24, 2.45) is 0 Å². The number of benzene rings is 2. The van der Waals surface area contributed by atoms with Gasteiger partial charge < -0.3 is 4.90 Å². The Morgan fingerprint density at radius 1 is 0.931 bits per heavy atom. The lowest BCUT2D eigenvalue weighted by Crippen LogP contribution is -2.50. The largest absolute Gasteiger partial charge is 0.335 e. The van der Waals surface area contributed by atoms with Crippen molar-refractivity contribution >= 4 is 27.5 Å². The van der Waals surface area contributed by atoms with Crippen molar-refractivity contribution in [3.8, 4) is 5.69 Å². The number of rotatable bonds is 4. The lowest BCUT2D eigenvalue weighted by molar-refractivity contribution is 0.0688. The summed E-state index contributed by atoms with van der Waals surface area (Å²) >= 11 is 6.22. The predicted octanol–water partition coefficient (Wildman–Crippen LogP) is 2.07. The Morgan fingerprint density at radius 3 is 2.28 bits per heavy atom. The van der Waals surface area contributed by atoms with Gasteiger partial charge in [-0.15, -0.1) is 5.10 Å². The van der Waals surface area contributed by atoms with E-state index in [0.717, 1.165) is 0 Å². The van der Waals surface area contributed by atoms with E-state index in [0.29, 0.717) is 10.7 Å². The first-order valence-corrected chi connectivity index (χ1v) is 10.8. The van der Waals surface area contributed by atoms with Crippen LogP contribution in [0.2, 0.25) is 5.02 Å². The number of carbonyl (C=O) groups is 1. The summed E-state index contributed by atoms with van der Waals surface area (Å²) < 4.78 is 28.3. The highest BCUT2D eigenvalue weighted by Crippen LogP contribution is 2.22. The first-order chi connectivity index (χ1) is 14.0. The average molecular weight is 432 g/mol. The Bertz CT molecular complexity index is 1130. The maximum absolute atomic E-state index is 13.0. The monoisotopic (exact) mass is 431 g/mol. The number of nitrogens with zero attached hydrogens (tertiary/aromatic N) is 5. The second kappa shape index (κ2) is 7.94. The third kappa shape index (κ3) is 3.76. The van der Waals surface area contributed by atoms with Gasteiger partial charge in [0.2, 0.25) is 10.0 Å². The zero-order chi connectivity index (χ0) is 20.4. The summed E-state index contributed by atoms with van der Waals surface area (Å²) in [7, 11) is -3.57. The molecule has 1 aliphatic heterocycles. The lowest BCUT2D eigenvalue weighted by Gasteiger charge is -2.33. The lowest BCUT2D eigenvalue weighted by atomic mass is 10.3. The second-order valence-electron chi connectivity index (χ2n) is 6.49. The van der Waals surface area contributed by atoms with E-state index in [4.69, 9.17) is 11.6 Å². The maximum atomic E-state index is 13.0. The number of hydrogen-bond acceptors (Lipinski definition) is 5. The minimum Gasteiger partial charge on any atom is -0.335 e. The maximum Gasteiger partial charge on any atom is 0.274 e. The van der Waals surface area contributed by atoms with E-state index in [2.05, 4.69) is 10.3 Å². The molecule has 0 bridgehead atoms. The van der Waals surface area contributed by atoms with Crippen LogP contribution < -0.4 is 0 Å². The third-order valence-corrected chi connectivity index (χ3v) is 6.99. The van der Waals surface area contributed by atoms with E-state index in [1.54, 1.807) is 59.5 Å². The van der Waals surface area contributed by atoms with E-state index in [1.807, 2.05) is 0 Å². The summed E-state index contributed by atoms with van der Waals surface area (Å²) in [6.07, 6.45) is 1.39. The molecule has 0 atom stereocenters. The van der Waals surface area contributed by atoms with Crippen LogP contribution in [-0.2, 0) is 10.0 Å². The van der Waals surface area contributed by atoms with Gasteiger partial charge in [-0.25, -0.2) is 13.1 Å². The van der Waals surface area contributed by atoms with Crippen molar-refractivity contribution in [1.29, 1.82) is 0 Å². The van der Waals surface area contributed by atoms with Gasteiger partial charge in [0.15, 0.2) is 5.69 Å². The van der Waals surface area contributed by atoms with Crippen LogP contribution in [0, 0.1) is 0 Å². The Kier molecular flexibility index (Phi) is 5.35. The van der Waals surface area contributed by atoms with Crippen LogP contribution in [0.1, 0.15) is 10.5 Å². The first kappa shape index (κ1) is 19.6. The van der Waals surface area contributed by atoms with Gasteiger partial charge in [0, 0.05) is 26.2 Å². The topological polar surface area (TPSA) is 88.4 Å². The van der Waals surface area contributed by atoms with Crippen molar-refractivity contribution < 1.29 is 13.2 Å². The molecule has 2 aromatic carbocycles. The van der Waals surface area contributed by atoms with Gasteiger partial charge in [-0.3, -0.25) is 4.79 Å². The fourth-order valence-corrected chi connectivity index (χ4v) is 4.88. The zero-order valence-corrected chi connectivity index (χ0v) is 16.9. The molecular weight excluding hydrogens is 414 g/mol. The summed E-state index contributed by atoms with van der Waals surface area (Å²) in [6, 6.07) is 15.3. The third-order valence-electron chi connectivity index (χ3n) is 4.76. The number of aromatic nitrogens is 3. The highest BCUT2D eigenvalue weighted by molar-refractivity contribution is 7.89. The molecule has 1 fully saturated rings. The van der Waals surface area contributed by atoms with Gasteiger partial charge in [-0.1, -0.05) is 47.1 Å². The van der Waals surface area contributed by atoms with Crippen molar-refractivity contribution in [2.45, 2.75) is 4.90 Å². The molecule has 1 aliphatic rings. The van der Waals surface area contributed by atoms with E-state index in [9.17, 15) is 13.2 Å². The number of amides is 1. The molecule has 2 heterocycles. The second-order valence-corrected chi connectivity index (χ2v) is 8.84. The number of para-hydroxylation sites is 1. The summed E-state index contributed by atoms with van der Waals surface area (Å²) in [5, 5.41) is 8.29. The Balaban J connectivity index is 1.50. The molecule has 0 N–H and O–H groups in total. The molecule has 8 nitrogen and oxygen atoms in total. The summed E-state index contributed by atoms with van der Waals surface area (Å²) in [6.45, 7) is 0.991. The zero-order valence-electron chi connectivity index (χ0n) is 15.3. The average Bonchev–Trinajstić information content (AvgIpc) is 3.24. The molecule has 0 unspecified atom stereocenters. The van der Waals surface area contributed by atoms with Crippen LogP contribution in [0.15, 0.2) is 65.7 Å². The van der Waals surface area contributed by atoms with Gasteiger partial charge in [0.05, 0.1) is 21.8 Å². The molecule has 3 aromatic rings. The van der Waals surface area contributed by atoms with E-state index in [1.165, 1.54) is 15.2 Å². The predicted molar refractivity (Wildman–Crippen MR) is 107 cm³/mol. The number of piperazine rings is 1. The minimum absolute atomic E-state index is 0.219. The van der Waals surface area contributed by atoms with Crippen LogP contribution >= 0.6 is 11.6 Å². The highest BCUT2D eigenvalue weighted by atomic mass is 35.5. The number of sulfonamides is 1. The van der Waals surface area contributed by atoms with E-state index in [-0.39, 0.29) is 42.7 Å². The highest BCUT2D eigenvalue weighted by Gasteiger charge is 2.31. The van der Waals surface area contributed by atoms with Gasteiger partial charge in [-0.2, -0.15) is 4.31 Å². The van der Waals surface area contributed by atoms with Crippen LogP contribution in [0.25, 0.3) is 5.69 Å². The Morgan fingerprint density at radius 2 is 1.59 bits per heavy atom. The van der Waals surface area contributed by atoms with Crippen LogP contribution in [0.4, 0.5) is 0 Å². The first-order valence-electron chi connectivity index (χ1n) is 8.98. The molecule has 150 valence electrons. The van der Waals surface area contributed by atoms with Crippen molar-refractivity contribution in [3.63, 3.8) is 0 Å². The van der Waals surface area contributed by atoms with Crippen molar-refractivity contribution in [3.05, 3.63) is 71.5 Å². The molecule has 1 saturated heterocycles. The number of hydrogen-bond donors (Lipinski definition) is 0. The summed E-state index contributed by atoms with van der Waals surface area (Å²) in [5.41, 5.74) is 0.831. The Labute approximate surface area is 173 Å². The minimum atomic E-state index is -3.57. The Hall–Kier alpha value is -2.75. The molecule has 4 rings (SSSR count). The molecule has 1 amide bonds. The SMILES string of the molecule is O=C(c1cnnn1-c1ccccc1Cl)N1CCN(S(=O)(=O)c2ccccc2)CC1. The van der Waals surface area contributed by atoms with Crippen LogP contribution in [-0.4, -0.2) is 64.7 Å². The molecular formula is C19H18ClN5O3S. The molecule has 0 saturated carbocycles. The van der Waals surface area contributed by atoms with Crippen molar-refractivity contribution in [2.75, 3.05) is 26.2 Å². The molecule has 0 spiro atoms. The van der Waals surface area contributed by atoms with E-state index < -0.39 is 10.0 Å². The fourth-order valence-electron chi connectivity index (χ4n) is 3.22. The molecule has 29 heavy (non-hydrogen) atoms. The number of halogens is 1. The molecule has 0 aliphatic carbocycles. The van der Waals surface area contributed by atoms with Gasteiger partial charge in [0.1, 0.15) is 0 Å². The molecule has 1 aromatic heterocycles. The summed E-state index contributed by atoms with van der Waals surface area (Å²) in [4.78, 5) is 14.9. The molecule has 10 heteroatoms. The van der Waals surface area contributed by atoms with Gasteiger partial charge >= 0.3 is 0 Å². The summed E-state index contributed by atoms with van der Waals surface area (Å²) in [5.74, 6) is -0.272. The molecule has 0 radical (unpaired) electrons. The number of carbonyl (C=O) groups excluding carboxylic acids is 1. The smallest absolute Gasteiger partial charge is 0.274 e. The normalized spacial score (nSPS) is 15.4. The van der Waals surface area contributed by atoms with Gasteiger partial charge in [0.25, 0.3) is 5.91 Å². The van der Waals surface area contributed by atoms with Gasteiger partial charge in [-0.05, 0) is 24.3 Å². The fraction of sp³-hybridized carbons (Fsp3) is 0.211. The van der Waals surface area contributed by atoms with Crippen molar-refractivity contribution in [1.82, 2.24) is 24.2 Å². The van der Waals surface area contributed by atoms with E-state index >= 15 is 0 Å². The quantitative estimate of drug-likeness (QED) is 0.631. The van der Waals surface area contributed by atoms with Crippen LogP contribution in [0.5, 0.6) is 0 Å². The standard InChI is InChI=1S/C19H18ClN5O3S/c20-16-8-4-5-9-17(16)25-18(14-21-22-25)19(26)23-10-12-24(13-11-23)29(27,28)15-6-2-1-3-7-15/h1-9,14H,10-13H2.